The Bertz CT molecular complexity index is 1310. The Kier molecular flexibility index (Phi) is 9.74. The van der Waals surface area contributed by atoms with Crippen molar-refractivity contribution in [2.75, 3.05) is 23.8 Å². The fourth-order valence-corrected chi connectivity index (χ4v) is 3.00. The van der Waals surface area contributed by atoms with Crippen LogP contribution in [0.15, 0.2) is 84.5 Å². The van der Waals surface area contributed by atoms with Gasteiger partial charge in [-0.3, -0.25) is 14.4 Å². The van der Waals surface area contributed by atoms with E-state index >= 15 is 0 Å². The van der Waals surface area contributed by atoms with E-state index in [-0.39, 0.29) is 11.6 Å². The van der Waals surface area contributed by atoms with Crippen LogP contribution < -0.4 is 25.5 Å². The third kappa shape index (κ3) is 8.48. The first-order valence-electron chi connectivity index (χ1n) is 10.8. The lowest BCUT2D eigenvalue weighted by Gasteiger charge is -2.10. The Morgan fingerprint density at radius 3 is 2.41 bits per heavy atom. The Labute approximate surface area is 216 Å². The minimum absolute atomic E-state index is 0.122. The smallest absolute Gasteiger partial charge is 0.329 e. The van der Waals surface area contributed by atoms with E-state index in [4.69, 9.17) is 21.1 Å². The predicted octanol–water partition coefficient (Wildman–Crippen LogP) is 4.15. The van der Waals surface area contributed by atoms with E-state index in [9.17, 15) is 18.8 Å². The highest BCUT2D eigenvalue weighted by Crippen LogP contribution is 2.20. The number of hydrogen-bond donors (Lipinski definition) is 3. The van der Waals surface area contributed by atoms with E-state index < -0.39 is 23.5 Å². The number of hydrazone groups is 1. The number of ether oxygens (including phenoxy) is 2. The molecule has 0 bridgehead atoms. The normalized spacial score (nSPS) is 10.4. The lowest BCUT2D eigenvalue weighted by Crippen LogP contribution is -2.32. The molecular weight excluding hydrogens is 503 g/mol. The molecule has 190 valence electrons. The van der Waals surface area contributed by atoms with Crippen LogP contribution in [0.3, 0.4) is 0 Å². The molecule has 0 atom stereocenters. The van der Waals surface area contributed by atoms with Gasteiger partial charge in [0.1, 0.15) is 23.9 Å². The molecule has 0 aromatic heterocycles. The fraction of sp³-hybridized carbons (Fsp3) is 0.0769. The zero-order valence-electron chi connectivity index (χ0n) is 19.4. The van der Waals surface area contributed by atoms with Gasteiger partial charge in [-0.25, -0.2) is 9.82 Å². The SMILES string of the molecule is C=CCOc1ccc(NC(=O)C(=O)N/N=C\c2ccccc2OCC(=O)Nc2ccc(F)c(Cl)c2)cc1. The molecule has 0 aliphatic rings. The van der Waals surface area contributed by atoms with Gasteiger partial charge >= 0.3 is 11.8 Å². The third-order valence-electron chi connectivity index (χ3n) is 4.54. The summed E-state index contributed by atoms with van der Waals surface area (Å²) in [4.78, 5) is 36.3. The highest BCUT2D eigenvalue weighted by molar-refractivity contribution is 6.39. The summed E-state index contributed by atoms with van der Waals surface area (Å²) in [5.74, 6) is -2.11. The molecule has 3 rings (SSSR count). The molecule has 0 heterocycles. The van der Waals surface area contributed by atoms with E-state index in [0.717, 1.165) is 6.07 Å². The standard InChI is InChI=1S/C26H22ClFN4O5/c1-2-13-36-20-10-7-18(8-11-20)31-25(34)26(35)32-29-15-17-5-3-4-6-23(17)37-16-24(33)30-19-9-12-22(28)21(27)14-19/h2-12,14-15H,1,13,16H2,(H,30,33)(H,31,34)(H,32,35)/b29-15-. The number of amides is 3. The van der Waals surface area contributed by atoms with Crippen molar-refractivity contribution in [3.63, 3.8) is 0 Å². The summed E-state index contributed by atoms with van der Waals surface area (Å²) in [5.41, 5.74) is 3.28. The molecular formula is C26H22ClFN4O5. The van der Waals surface area contributed by atoms with Crippen LogP contribution in [0.1, 0.15) is 5.56 Å². The lowest BCUT2D eigenvalue weighted by molar-refractivity contribution is -0.136. The van der Waals surface area contributed by atoms with Gasteiger partial charge in [0, 0.05) is 16.9 Å². The zero-order chi connectivity index (χ0) is 26.6. The predicted molar refractivity (Wildman–Crippen MR) is 138 cm³/mol. The Morgan fingerprint density at radius 2 is 1.68 bits per heavy atom. The second-order valence-electron chi connectivity index (χ2n) is 7.28. The van der Waals surface area contributed by atoms with E-state index in [0.29, 0.717) is 35.0 Å². The Morgan fingerprint density at radius 1 is 0.946 bits per heavy atom. The second kappa shape index (κ2) is 13.4. The topological polar surface area (TPSA) is 118 Å². The van der Waals surface area contributed by atoms with E-state index in [1.807, 2.05) is 0 Å². The molecule has 0 aliphatic carbocycles. The van der Waals surface area contributed by atoms with Crippen molar-refractivity contribution in [2.45, 2.75) is 0 Å². The van der Waals surface area contributed by atoms with Crippen LogP contribution in [0, 0.1) is 5.82 Å². The van der Waals surface area contributed by atoms with Gasteiger partial charge in [0.15, 0.2) is 6.61 Å². The van der Waals surface area contributed by atoms with Gasteiger partial charge in [0.05, 0.1) is 11.2 Å². The lowest BCUT2D eigenvalue weighted by atomic mass is 10.2. The van der Waals surface area contributed by atoms with Crippen molar-refractivity contribution >= 4 is 46.9 Å². The van der Waals surface area contributed by atoms with Crippen LogP contribution in [-0.2, 0) is 14.4 Å². The Hall–Kier alpha value is -4.70. The number of nitrogens with one attached hydrogen (secondary N) is 3. The van der Waals surface area contributed by atoms with Gasteiger partial charge in [-0.1, -0.05) is 36.4 Å². The van der Waals surface area contributed by atoms with Crippen LogP contribution in [0.25, 0.3) is 0 Å². The van der Waals surface area contributed by atoms with Crippen molar-refractivity contribution in [3.05, 3.63) is 95.8 Å². The summed E-state index contributed by atoms with van der Waals surface area (Å²) in [7, 11) is 0. The highest BCUT2D eigenvalue weighted by atomic mass is 35.5. The summed E-state index contributed by atoms with van der Waals surface area (Å²) in [5, 5.41) is 8.64. The molecule has 3 N–H and O–H groups in total. The van der Waals surface area contributed by atoms with E-state index in [1.54, 1.807) is 54.6 Å². The number of halogens is 2. The number of para-hydroxylation sites is 1. The zero-order valence-corrected chi connectivity index (χ0v) is 20.1. The summed E-state index contributed by atoms with van der Waals surface area (Å²) in [6.07, 6.45) is 2.87. The quantitative estimate of drug-likeness (QED) is 0.159. The molecule has 0 saturated carbocycles. The van der Waals surface area contributed by atoms with Crippen molar-refractivity contribution in [3.8, 4) is 11.5 Å². The maximum Gasteiger partial charge on any atom is 0.329 e. The van der Waals surface area contributed by atoms with Gasteiger partial charge in [-0.15, -0.1) is 0 Å². The van der Waals surface area contributed by atoms with Crippen LogP contribution in [0.2, 0.25) is 5.02 Å². The fourth-order valence-electron chi connectivity index (χ4n) is 2.82. The Balaban J connectivity index is 1.50. The number of benzene rings is 3. The summed E-state index contributed by atoms with van der Waals surface area (Å²) < 4.78 is 24.1. The average Bonchev–Trinajstić information content (AvgIpc) is 2.89. The average molecular weight is 525 g/mol. The van der Waals surface area contributed by atoms with Crippen LogP contribution in [-0.4, -0.2) is 37.1 Å². The second-order valence-corrected chi connectivity index (χ2v) is 7.69. The monoisotopic (exact) mass is 524 g/mol. The van der Waals surface area contributed by atoms with Gasteiger partial charge in [0.25, 0.3) is 5.91 Å². The van der Waals surface area contributed by atoms with Crippen LogP contribution >= 0.6 is 11.6 Å². The van der Waals surface area contributed by atoms with Gasteiger partial charge in [-0.05, 0) is 54.6 Å². The highest BCUT2D eigenvalue weighted by Gasteiger charge is 2.13. The van der Waals surface area contributed by atoms with Crippen molar-refractivity contribution < 1.29 is 28.2 Å². The first kappa shape index (κ1) is 26.9. The molecule has 0 fully saturated rings. The molecule has 11 heteroatoms. The number of nitrogens with zero attached hydrogens (tertiary/aromatic N) is 1. The molecule has 3 amide bonds. The van der Waals surface area contributed by atoms with Crippen molar-refractivity contribution in [1.29, 1.82) is 0 Å². The van der Waals surface area contributed by atoms with E-state index in [1.165, 1.54) is 18.3 Å². The molecule has 0 radical (unpaired) electrons. The molecule has 3 aromatic rings. The number of hydrogen-bond acceptors (Lipinski definition) is 6. The van der Waals surface area contributed by atoms with Gasteiger partial charge in [0.2, 0.25) is 0 Å². The van der Waals surface area contributed by atoms with Gasteiger partial charge < -0.3 is 20.1 Å². The number of anilines is 2. The summed E-state index contributed by atoms with van der Waals surface area (Å²) in [6, 6.07) is 16.9. The van der Waals surface area contributed by atoms with Crippen LogP contribution in [0.4, 0.5) is 15.8 Å². The molecule has 0 unspecified atom stereocenters. The number of rotatable bonds is 10. The number of carbonyl (C=O) groups is 3. The third-order valence-corrected chi connectivity index (χ3v) is 4.83. The maximum atomic E-state index is 13.3. The molecule has 9 nitrogen and oxygen atoms in total. The minimum Gasteiger partial charge on any atom is -0.490 e. The largest absolute Gasteiger partial charge is 0.490 e. The minimum atomic E-state index is -0.987. The molecule has 37 heavy (non-hydrogen) atoms. The molecule has 3 aromatic carbocycles. The van der Waals surface area contributed by atoms with Crippen molar-refractivity contribution in [1.82, 2.24) is 5.43 Å². The number of carbonyl (C=O) groups excluding carboxylic acids is 3. The molecule has 0 spiro atoms. The maximum absolute atomic E-state index is 13.3. The van der Waals surface area contributed by atoms with Crippen molar-refractivity contribution in [2.24, 2.45) is 5.10 Å². The van der Waals surface area contributed by atoms with E-state index in [2.05, 4.69) is 27.7 Å². The summed E-state index contributed by atoms with van der Waals surface area (Å²) in [6.45, 7) is 3.55. The first-order valence-corrected chi connectivity index (χ1v) is 11.2. The van der Waals surface area contributed by atoms with Crippen LogP contribution in [0.5, 0.6) is 11.5 Å². The molecule has 0 saturated heterocycles. The summed E-state index contributed by atoms with van der Waals surface area (Å²) >= 11 is 5.71. The first-order chi connectivity index (χ1) is 17.9. The molecule has 0 aliphatic heterocycles. The van der Waals surface area contributed by atoms with Gasteiger partial charge in [-0.2, -0.15) is 5.10 Å².